The molecule has 0 bridgehead atoms. The molecule has 0 atom stereocenters. The number of hydrogen-bond donors (Lipinski definition) is 1. The number of hydrogen-bond acceptors (Lipinski definition) is 4. The molecule has 0 spiro atoms. The molecule has 6 heteroatoms. The topological polar surface area (TPSA) is 79.6 Å². The van der Waals surface area contributed by atoms with Crippen molar-refractivity contribution in [2.75, 3.05) is 7.05 Å². The summed E-state index contributed by atoms with van der Waals surface area (Å²) < 4.78 is 1.94. The number of aromatic nitrogens is 1. The summed E-state index contributed by atoms with van der Waals surface area (Å²) in [4.78, 5) is 39.2. The van der Waals surface area contributed by atoms with Gasteiger partial charge in [-0.3, -0.25) is 19.3 Å². The van der Waals surface area contributed by atoms with Crippen molar-refractivity contribution < 1.29 is 19.5 Å². The minimum Gasteiger partial charge on any atom is -0.507 e. The Bertz CT molecular complexity index is 1450. The monoisotopic (exact) mass is 398 g/mol. The number of Topliss-reactive ketones (excluding diaryl/α,β-unsaturated/α-hetero) is 1. The number of para-hydroxylation sites is 1. The highest BCUT2D eigenvalue weighted by atomic mass is 16.3. The molecule has 1 N–H and O–H groups in total. The fourth-order valence-corrected chi connectivity index (χ4v) is 4.36. The van der Waals surface area contributed by atoms with Crippen LogP contribution in [0.25, 0.3) is 32.9 Å². The number of benzene rings is 3. The van der Waals surface area contributed by atoms with E-state index >= 15 is 0 Å². The van der Waals surface area contributed by atoms with Crippen LogP contribution in [0, 0.1) is 0 Å². The van der Waals surface area contributed by atoms with Gasteiger partial charge in [0.2, 0.25) is 0 Å². The van der Waals surface area contributed by atoms with Gasteiger partial charge in [0.1, 0.15) is 5.75 Å². The number of imide groups is 1. The Morgan fingerprint density at radius 2 is 1.57 bits per heavy atom. The highest BCUT2D eigenvalue weighted by molar-refractivity contribution is 6.32. The molecule has 6 nitrogen and oxygen atoms in total. The van der Waals surface area contributed by atoms with E-state index in [0.29, 0.717) is 27.6 Å². The van der Waals surface area contributed by atoms with Crippen molar-refractivity contribution in [3.63, 3.8) is 0 Å². The maximum atomic E-state index is 13.1. The van der Waals surface area contributed by atoms with Crippen molar-refractivity contribution in [3.8, 4) is 16.9 Å². The van der Waals surface area contributed by atoms with Gasteiger partial charge in [-0.1, -0.05) is 18.2 Å². The van der Waals surface area contributed by atoms with E-state index in [1.165, 1.54) is 14.0 Å². The van der Waals surface area contributed by atoms with Crippen LogP contribution in [-0.4, -0.2) is 39.2 Å². The molecule has 5 rings (SSSR count). The molecule has 148 valence electrons. The molecule has 2 amide bonds. The van der Waals surface area contributed by atoms with Crippen LogP contribution in [-0.2, 0) is 7.05 Å². The van der Waals surface area contributed by atoms with E-state index in [9.17, 15) is 19.5 Å². The smallest absolute Gasteiger partial charge is 0.262 e. The molecular formula is C24H18N2O4. The Balaban J connectivity index is 2.02. The van der Waals surface area contributed by atoms with Gasteiger partial charge in [0.15, 0.2) is 5.78 Å². The lowest BCUT2D eigenvalue weighted by molar-refractivity contribution is 0.0693. The van der Waals surface area contributed by atoms with Gasteiger partial charge in [-0.2, -0.15) is 0 Å². The van der Waals surface area contributed by atoms with Crippen LogP contribution in [0.4, 0.5) is 0 Å². The predicted molar refractivity (Wildman–Crippen MR) is 114 cm³/mol. The Hall–Kier alpha value is -3.93. The average molecular weight is 398 g/mol. The van der Waals surface area contributed by atoms with Crippen LogP contribution in [0.2, 0.25) is 0 Å². The number of amides is 2. The number of nitrogens with zero attached hydrogens (tertiary/aromatic N) is 2. The normalized spacial score (nSPS) is 13.5. The van der Waals surface area contributed by atoms with Crippen molar-refractivity contribution >= 4 is 39.4 Å². The van der Waals surface area contributed by atoms with Gasteiger partial charge in [-0.05, 0) is 37.3 Å². The van der Waals surface area contributed by atoms with Crippen LogP contribution in [0.5, 0.6) is 5.75 Å². The molecule has 2 heterocycles. The standard InChI is InChI=1S/C24H18N2O4/c1-12(27)13-8-9-17-16(10-13)20-18(25(17)2)11-15(14-6-4-5-7-19(14)28)21-22(20)24(30)26(3)23(21)29/h4-11,28H,1-3H3. The molecule has 30 heavy (non-hydrogen) atoms. The molecule has 1 aliphatic rings. The van der Waals surface area contributed by atoms with Crippen LogP contribution < -0.4 is 0 Å². The lowest BCUT2D eigenvalue weighted by atomic mass is 9.92. The third-order valence-corrected chi connectivity index (χ3v) is 5.93. The molecule has 0 aliphatic carbocycles. The lowest BCUT2D eigenvalue weighted by Crippen LogP contribution is -2.24. The van der Waals surface area contributed by atoms with Gasteiger partial charge in [0.25, 0.3) is 11.8 Å². The number of aromatic hydroxyl groups is 1. The summed E-state index contributed by atoms with van der Waals surface area (Å²) in [5, 5.41) is 11.8. The fraction of sp³-hybridized carbons (Fsp3) is 0.125. The number of phenols is 1. The molecule has 0 unspecified atom stereocenters. The number of aryl methyl sites for hydroxylation is 1. The van der Waals surface area contributed by atoms with Gasteiger partial charge in [0.05, 0.1) is 16.6 Å². The van der Waals surface area contributed by atoms with E-state index in [4.69, 9.17) is 0 Å². The van der Waals surface area contributed by atoms with Gasteiger partial charge >= 0.3 is 0 Å². The second kappa shape index (κ2) is 6.03. The molecule has 3 aromatic carbocycles. The SMILES string of the molecule is CC(=O)c1ccc2c(c1)c1c3c(c(-c4ccccc4O)cc1n2C)C(=O)N(C)C3=O. The number of phenolic OH excluding ortho intramolecular Hbond substituents is 1. The van der Waals surface area contributed by atoms with E-state index in [2.05, 4.69) is 0 Å². The number of carbonyl (C=O) groups excluding carboxylic acids is 3. The first-order chi connectivity index (χ1) is 14.3. The molecule has 1 aromatic heterocycles. The zero-order valence-corrected chi connectivity index (χ0v) is 16.7. The quantitative estimate of drug-likeness (QED) is 0.407. The highest BCUT2D eigenvalue weighted by Gasteiger charge is 2.38. The number of rotatable bonds is 2. The second-order valence-electron chi connectivity index (χ2n) is 7.60. The summed E-state index contributed by atoms with van der Waals surface area (Å²) in [6.07, 6.45) is 0. The molecule has 0 saturated carbocycles. The van der Waals surface area contributed by atoms with Crippen molar-refractivity contribution in [3.05, 3.63) is 65.2 Å². The third-order valence-electron chi connectivity index (χ3n) is 5.93. The molecular weight excluding hydrogens is 380 g/mol. The number of carbonyl (C=O) groups is 3. The van der Waals surface area contributed by atoms with Gasteiger partial charge < -0.3 is 9.67 Å². The van der Waals surface area contributed by atoms with Crippen LogP contribution in [0.3, 0.4) is 0 Å². The van der Waals surface area contributed by atoms with Gasteiger partial charge in [-0.25, -0.2) is 0 Å². The summed E-state index contributed by atoms with van der Waals surface area (Å²) in [5.41, 5.74) is 3.72. The number of ketones is 1. The molecule has 4 aromatic rings. The number of fused-ring (bicyclic) bond motifs is 5. The zero-order chi connectivity index (χ0) is 21.3. The van der Waals surface area contributed by atoms with Gasteiger partial charge in [0, 0.05) is 47.1 Å². The van der Waals surface area contributed by atoms with Crippen molar-refractivity contribution in [2.24, 2.45) is 7.05 Å². The van der Waals surface area contributed by atoms with Gasteiger partial charge in [-0.15, -0.1) is 0 Å². The van der Waals surface area contributed by atoms with E-state index in [-0.39, 0.29) is 17.1 Å². The predicted octanol–water partition coefficient (Wildman–Crippen LogP) is 4.13. The van der Waals surface area contributed by atoms with E-state index < -0.39 is 11.8 Å². The van der Waals surface area contributed by atoms with Crippen LogP contribution in [0.15, 0.2) is 48.5 Å². The average Bonchev–Trinajstić information content (AvgIpc) is 3.14. The maximum absolute atomic E-state index is 13.1. The zero-order valence-electron chi connectivity index (χ0n) is 16.7. The molecule has 0 radical (unpaired) electrons. The Kier molecular flexibility index (Phi) is 3.64. The van der Waals surface area contributed by atoms with Crippen LogP contribution in [0.1, 0.15) is 38.0 Å². The minimum absolute atomic E-state index is 0.0338. The first-order valence-corrected chi connectivity index (χ1v) is 9.52. The maximum Gasteiger partial charge on any atom is 0.262 e. The third kappa shape index (κ3) is 2.21. The molecule has 0 fully saturated rings. The lowest BCUT2D eigenvalue weighted by Gasteiger charge is -2.11. The summed E-state index contributed by atoms with van der Waals surface area (Å²) in [6, 6.07) is 14.0. The second-order valence-corrected chi connectivity index (χ2v) is 7.60. The van der Waals surface area contributed by atoms with E-state index in [1.807, 2.05) is 23.7 Å². The summed E-state index contributed by atoms with van der Waals surface area (Å²) in [6.45, 7) is 1.50. The van der Waals surface area contributed by atoms with E-state index in [0.717, 1.165) is 21.3 Å². The largest absolute Gasteiger partial charge is 0.507 e. The van der Waals surface area contributed by atoms with Crippen molar-refractivity contribution in [2.45, 2.75) is 6.92 Å². The summed E-state index contributed by atoms with van der Waals surface area (Å²) in [5.74, 6) is -0.838. The van der Waals surface area contributed by atoms with Crippen molar-refractivity contribution in [1.29, 1.82) is 0 Å². The first-order valence-electron chi connectivity index (χ1n) is 9.52. The first kappa shape index (κ1) is 18.1. The Morgan fingerprint density at radius 3 is 2.27 bits per heavy atom. The minimum atomic E-state index is -0.408. The van der Waals surface area contributed by atoms with Crippen LogP contribution >= 0.6 is 0 Å². The summed E-state index contributed by atoms with van der Waals surface area (Å²) >= 11 is 0. The Labute approximate surface area is 171 Å². The highest BCUT2D eigenvalue weighted by Crippen LogP contribution is 2.43. The fourth-order valence-electron chi connectivity index (χ4n) is 4.36. The molecule has 0 saturated heterocycles. The Morgan fingerprint density at radius 1 is 0.867 bits per heavy atom. The molecule has 1 aliphatic heterocycles. The van der Waals surface area contributed by atoms with E-state index in [1.54, 1.807) is 36.4 Å². The van der Waals surface area contributed by atoms with Crippen molar-refractivity contribution in [1.82, 2.24) is 9.47 Å². The summed E-state index contributed by atoms with van der Waals surface area (Å²) in [7, 11) is 3.33.